The van der Waals surface area contributed by atoms with Gasteiger partial charge in [-0.1, -0.05) is 38.3 Å². The number of hydrogen-bond acceptors (Lipinski definition) is 8. The first-order valence-electron chi connectivity index (χ1n) is 13.8. The summed E-state index contributed by atoms with van der Waals surface area (Å²) >= 11 is 3.66. The molecule has 1 saturated heterocycles. The standard InChI is InChI=1S/C31H34BrN8OP/c1-39-19-21(17-35-39)23-15-26(28(41-2)16-27(23)40-13-11-33-12-14-40)37-31-34-18-24(32)30(38-31)36-25-10-9-20-7-5-6-8-22(20)29(25)42(3)4/h5-10,15-19,33H,11-14H2,1-4H3,(H2,34,36,37,38). The number of nitrogens with zero attached hydrogens (tertiary/aromatic N) is 5. The predicted molar refractivity (Wildman–Crippen MR) is 179 cm³/mol. The van der Waals surface area contributed by atoms with Crippen molar-refractivity contribution in [3.8, 4) is 16.9 Å². The van der Waals surface area contributed by atoms with Crippen LogP contribution in [-0.2, 0) is 7.05 Å². The summed E-state index contributed by atoms with van der Waals surface area (Å²) in [5.41, 5.74) is 5.05. The Morgan fingerprint density at radius 3 is 2.55 bits per heavy atom. The highest BCUT2D eigenvalue weighted by Gasteiger charge is 2.21. The van der Waals surface area contributed by atoms with E-state index in [9.17, 15) is 0 Å². The fourth-order valence-electron chi connectivity index (χ4n) is 5.40. The molecule has 3 N–H and O–H groups in total. The van der Waals surface area contributed by atoms with Crippen LogP contribution in [0.25, 0.3) is 21.9 Å². The third-order valence-corrected chi connectivity index (χ3v) is 9.34. The van der Waals surface area contributed by atoms with Crippen molar-refractivity contribution in [1.82, 2.24) is 25.1 Å². The first-order chi connectivity index (χ1) is 20.4. The topological polar surface area (TPSA) is 92.2 Å². The fourth-order valence-corrected chi connectivity index (χ4v) is 6.98. The van der Waals surface area contributed by atoms with E-state index < -0.39 is 0 Å². The molecular weight excluding hydrogens is 611 g/mol. The average molecular weight is 646 g/mol. The second-order valence-corrected chi connectivity index (χ2v) is 13.5. The van der Waals surface area contributed by atoms with E-state index in [0.717, 1.165) is 64.6 Å². The molecule has 42 heavy (non-hydrogen) atoms. The van der Waals surface area contributed by atoms with E-state index in [2.05, 4.69) is 109 Å². The van der Waals surface area contributed by atoms with Crippen LogP contribution in [0.3, 0.4) is 0 Å². The minimum absolute atomic E-state index is 0.377. The zero-order chi connectivity index (χ0) is 29.2. The van der Waals surface area contributed by atoms with Gasteiger partial charge in [-0.3, -0.25) is 4.68 Å². The first-order valence-corrected chi connectivity index (χ1v) is 16.9. The molecule has 0 radical (unpaired) electrons. The van der Waals surface area contributed by atoms with Gasteiger partial charge in [-0.2, -0.15) is 10.1 Å². The lowest BCUT2D eigenvalue weighted by Crippen LogP contribution is -2.43. The number of methoxy groups -OCH3 is 1. The van der Waals surface area contributed by atoms with Gasteiger partial charge in [0.05, 0.1) is 23.5 Å². The molecule has 9 nitrogen and oxygen atoms in total. The first kappa shape index (κ1) is 28.4. The van der Waals surface area contributed by atoms with Gasteiger partial charge < -0.3 is 25.6 Å². The highest BCUT2D eigenvalue weighted by Crippen LogP contribution is 2.41. The summed E-state index contributed by atoms with van der Waals surface area (Å²) in [4.78, 5) is 11.8. The number of benzene rings is 3. The Kier molecular flexibility index (Phi) is 8.29. The van der Waals surface area contributed by atoms with Gasteiger partial charge in [0.1, 0.15) is 11.6 Å². The number of anilines is 5. The highest BCUT2D eigenvalue weighted by atomic mass is 79.9. The molecular formula is C31H34BrN8OP. The van der Waals surface area contributed by atoms with Gasteiger partial charge in [0.2, 0.25) is 5.95 Å². The molecule has 1 aliphatic heterocycles. The summed E-state index contributed by atoms with van der Waals surface area (Å²) < 4.78 is 8.48. The van der Waals surface area contributed by atoms with Gasteiger partial charge in [-0.15, -0.1) is 0 Å². The van der Waals surface area contributed by atoms with Crippen LogP contribution in [0.15, 0.2) is 71.6 Å². The molecule has 0 unspecified atom stereocenters. The van der Waals surface area contributed by atoms with E-state index in [1.165, 1.54) is 16.1 Å². The van der Waals surface area contributed by atoms with Crippen LogP contribution in [-0.4, -0.2) is 66.4 Å². The summed E-state index contributed by atoms with van der Waals surface area (Å²) in [6.07, 6.45) is 5.70. The Bertz CT molecular complexity index is 1730. The van der Waals surface area contributed by atoms with Gasteiger partial charge in [0, 0.05) is 79.5 Å². The van der Waals surface area contributed by atoms with Crippen LogP contribution in [0.4, 0.5) is 28.8 Å². The van der Waals surface area contributed by atoms with Crippen molar-refractivity contribution in [3.05, 3.63) is 71.6 Å². The third-order valence-electron chi connectivity index (χ3n) is 7.38. The maximum atomic E-state index is 5.87. The van der Waals surface area contributed by atoms with E-state index in [-0.39, 0.29) is 7.92 Å². The lowest BCUT2D eigenvalue weighted by Gasteiger charge is -2.31. The number of piperazine rings is 1. The molecule has 5 aromatic rings. The lowest BCUT2D eigenvalue weighted by molar-refractivity contribution is 0.416. The average Bonchev–Trinajstić information content (AvgIpc) is 3.44. The van der Waals surface area contributed by atoms with Crippen LogP contribution in [0.5, 0.6) is 5.75 Å². The van der Waals surface area contributed by atoms with Crippen molar-refractivity contribution < 1.29 is 4.74 Å². The van der Waals surface area contributed by atoms with Crippen molar-refractivity contribution >= 4 is 68.8 Å². The number of fused-ring (bicyclic) bond motifs is 1. The van der Waals surface area contributed by atoms with E-state index in [0.29, 0.717) is 11.8 Å². The Morgan fingerprint density at radius 2 is 1.81 bits per heavy atom. The molecule has 216 valence electrons. The number of nitrogens with one attached hydrogen (secondary N) is 3. The third kappa shape index (κ3) is 5.79. The van der Waals surface area contributed by atoms with E-state index in [1.54, 1.807) is 13.3 Å². The molecule has 0 spiro atoms. The van der Waals surface area contributed by atoms with Crippen molar-refractivity contribution in [1.29, 1.82) is 0 Å². The quantitative estimate of drug-likeness (QED) is 0.176. The number of hydrogen-bond donors (Lipinski definition) is 3. The Labute approximate surface area is 255 Å². The summed E-state index contributed by atoms with van der Waals surface area (Å²) in [6.45, 7) is 8.27. The van der Waals surface area contributed by atoms with Crippen LogP contribution in [0, 0.1) is 0 Å². The van der Waals surface area contributed by atoms with Crippen LogP contribution in [0.1, 0.15) is 0 Å². The maximum absolute atomic E-state index is 5.87. The zero-order valence-corrected chi connectivity index (χ0v) is 26.6. The normalized spacial score (nSPS) is 13.5. The molecule has 3 heterocycles. The SMILES string of the molecule is COc1cc(N2CCNCC2)c(-c2cnn(C)c2)cc1Nc1ncc(Br)c(Nc2ccc3ccccc3c2P(C)C)n1. The monoisotopic (exact) mass is 644 g/mol. The summed E-state index contributed by atoms with van der Waals surface area (Å²) in [5.74, 6) is 1.87. The van der Waals surface area contributed by atoms with E-state index in [1.807, 2.05) is 24.1 Å². The number of ether oxygens (including phenoxy) is 1. The number of aromatic nitrogens is 4. The summed E-state index contributed by atoms with van der Waals surface area (Å²) in [5, 5.41) is 18.7. The number of rotatable bonds is 8. The second kappa shape index (κ2) is 12.3. The Morgan fingerprint density at radius 1 is 1.00 bits per heavy atom. The molecule has 6 rings (SSSR count). The van der Waals surface area contributed by atoms with E-state index in [4.69, 9.17) is 9.72 Å². The van der Waals surface area contributed by atoms with Crippen LogP contribution in [0.2, 0.25) is 0 Å². The number of aryl methyl sites for hydroxylation is 1. The van der Waals surface area contributed by atoms with Crippen LogP contribution < -0.4 is 30.9 Å². The smallest absolute Gasteiger partial charge is 0.229 e. The molecule has 1 fully saturated rings. The molecule has 0 aliphatic carbocycles. The lowest BCUT2D eigenvalue weighted by atomic mass is 10.0. The zero-order valence-electron chi connectivity index (χ0n) is 24.1. The number of halogens is 1. The van der Waals surface area contributed by atoms with Crippen LogP contribution >= 0.6 is 23.9 Å². The van der Waals surface area contributed by atoms with Gasteiger partial charge in [0.25, 0.3) is 0 Å². The van der Waals surface area contributed by atoms with Gasteiger partial charge in [-0.25, -0.2) is 4.98 Å². The van der Waals surface area contributed by atoms with Crippen molar-refractivity contribution in [3.63, 3.8) is 0 Å². The molecule has 0 bridgehead atoms. The Hall–Kier alpha value is -3.72. The molecule has 0 atom stereocenters. The molecule has 2 aromatic heterocycles. The second-order valence-electron chi connectivity index (χ2n) is 10.4. The minimum atomic E-state index is -0.377. The highest BCUT2D eigenvalue weighted by molar-refractivity contribution is 9.10. The van der Waals surface area contributed by atoms with Crippen molar-refractivity contribution in [2.45, 2.75) is 0 Å². The van der Waals surface area contributed by atoms with Gasteiger partial charge in [-0.05, 0) is 52.2 Å². The minimum Gasteiger partial charge on any atom is -0.494 e. The largest absolute Gasteiger partial charge is 0.494 e. The molecule has 3 aromatic carbocycles. The molecule has 11 heteroatoms. The van der Waals surface area contributed by atoms with Gasteiger partial charge >= 0.3 is 0 Å². The molecule has 0 saturated carbocycles. The maximum Gasteiger partial charge on any atom is 0.229 e. The fraction of sp³-hybridized carbons (Fsp3) is 0.258. The predicted octanol–water partition coefficient (Wildman–Crippen LogP) is 6.07. The van der Waals surface area contributed by atoms with Gasteiger partial charge in [0.15, 0.2) is 0 Å². The molecule has 0 amide bonds. The summed E-state index contributed by atoms with van der Waals surface area (Å²) in [6, 6.07) is 17.0. The van der Waals surface area contributed by atoms with Crippen molar-refractivity contribution in [2.24, 2.45) is 7.05 Å². The molecule has 1 aliphatic rings. The Balaban J connectivity index is 1.37. The van der Waals surface area contributed by atoms with Crippen molar-refractivity contribution in [2.75, 3.05) is 62.2 Å². The van der Waals surface area contributed by atoms with E-state index >= 15 is 0 Å². The summed E-state index contributed by atoms with van der Waals surface area (Å²) in [7, 11) is 3.25.